The van der Waals surface area contributed by atoms with Gasteiger partial charge in [0, 0.05) is 18.4 Å². The summed E-state index contributed by atoms with van der Waals surface area (Å²) in [7, 11) is 0. The minimum Gasteiger partial charge on any atom is -0.377 e. The molecule has 0 aromatic heterocycles. The lowest BCUT2D eigenvalue weighted by atomic mass is 9.72. The predicted molar refractivity (Wildman–Crippen MR) is 87.1 cm³/mol. The standard InChI is InChI=1S/C19H24O6/c1-12-15(20)13(2)19(18-22-17(24-25-18)16(12)23-19)9-6-10-21-11-14-7-4-3-5-8-14/h3-5,7-8,12-13,16-18H,6,9-11H2,1-2H3/t12-,13+,16+,17+,18-,19-/m0/s1. The fourth-order valence-corrected chi connectivity index (χ4v) is 4.01. The van der Waals surface area contributed by atoms with Gasteiger partial charge >= 0.3 is 0 Å². The molecule has 6 nitrogen and oxygen atoms in total. The SMILES string of the molecule is C[C@@H]1C(=O)[C@H](C)[C@H]2O[C@]1(CCCOCc1ccccc1)[C@@H]1OO[C@H]2O1. The van der Waals surface area contributed by atoms with Crippen LogP contribution in [-0.4, -0.2) is 36.7 Å². The molecule has 3 aliphatic heterocycles. The fraction of sp³-hybridized carbons (Fsp3) is 0.632. The van der Waals surface area contributed by atoms with Gasteiger partial charge in [-0.05, 0) is 18.4 Å². The Labute approximate surface area is 147 Å². The van der Waals surface area contributed by atoms with Crippen LogP contribution >= 0.6 is 0 Å². The molecule has 0 amide bonds. The quantitative estimate of drug-likeness (QED) is 0.582. The number of Topliss-reactive ketones (excluding diaryl/α,β-unsaturated/α-hetero) is 1. The monoisotopic (exact) mass is 348 g/mol. The van der Waals surface area contributed by atoms with Gasteiger partial charge in [-0.3, -0.25) is 4.79 Å². The van der Waals surface area contributed by atoms with E-state index in [2.05, 4.69) is 0 Å². The average molecular weight is 348 g/mol. The summed E-state index contributed by atoms with van der Waals surface area (Å²) >= 11 is 0. The smallest absolute Gasteiger partial charge is 0.223 e. The Balaban J connectivity index is 1.37. The van der Waals surface area contributed by atoms with Gasteiger partial charge in [-0.25, -0.2) is 0 Å². The maximum Gasteiger partial charge on any atom is 0.223 e. The van der Waals surface area contributed by atoms with Crippen molar-refractivity contribution in [2.24, 2.45) is 11.8 Å². The van der Waals surface area contributed by atoms with Crippen LogP contribution in [0.1, 0.15) is 32.3 Å². The summed E-state index contributed by atoms with van der Waals surface area (Å²) in [5.41, 5.74) is 0.348. The first-order valence-electron chi connectivity index (χ1n) is 8.92. The first kappa shape index (κ1) is 17.1. The predicted octanol–water partition coefficient (Wildman–Crippen LogP) is 2.61. The second kappa shape index (κ2) is 6.78. The molecule has 0 unspecified atom stereocenters. The van der Waals surface area contributed by atoms with E-state index >= 15 is 0 Å². The van der Waals surface area contributed by atoms with Crippen LogP contribution in [0.2, 0.25) is 0 Å². The molecular formula is C19H24O6. The first-order valence-corrected chi connectivity index (χ1v) is 8.92. The highest BCUT2D eigenvalue weighted by Gasteiger charge is 2.65. The van der Waals surface area contributed by atoms with E-state index in [9.17, 15) is 4.79 Å². The average Bonchev–Trinajstić information content (AvgIpc) is 3.08. The van der Waals surface area contributed by atoms with E-state index in [1.165, 1.54) is 0 Å². The maximum absolute atomic E-state index is 12.7. The number of hydrogen-bond donors (Lipinski definition) is 0. The molecule has 6 atom stereocenters. The lowest BCUT2D eigenvalue weighted by Gasteiger charge is -2.51. The molecule has 0 radical (unpaired) electrons. The summed E-state index contributed by atoms with van der Waals surface area (Å²) < 4.78 is 17.9. The van der Waals surface area contributed by atoms with E-state index in [1.54, 1.807) is 0 Å². The van der Waals surface area contributed by atoms with Crippen LogP contribution < -0.4 is 0 Å². The number of ether oxygens (including phenoxy) is 3. The molecule has 6 heteroatoms. The molecular weight excluding hydrogens is 324 g/mol. The molecule has 0 spiro atoms. The van der Waals surface area contributed by atoms with E-state index in [1.807, 2.05) is 44.2 Å². The van der Waals surface area contributed by atoms with Crippen LogP contribution in [0.5, 0.6) is 0 Å². The fourth-order valence-electron chi connectivity index (χ4n) is 4.01. The van der Waals surface area contributed by atoms with Gasteiger partial charge in [0.15, 0.2) is 0 Å². The van der Waals surface area contributed by atoms with Gasteiger partial charge in [0.2, 0.25) is 12.6 Å². The number of ketones is 1. The second-order valence-electron chi connectivity index (χ2n) is 7.12. The molecule has 0 aliphatic carbocycles. The molecule has 4 rings (SSSR count). The van der Waals surface area contributed by atoms with Gasteiger partial charge in [-0.2, -0.15) is 9.78 Å². The second-order valence-corrected chi connectivity index (χ2v) is 7.12. The molecule has 3 aliphatic rings. The van der Waals surface area contributed by atoms with Gasteiger partial charge in [-0.1, -0.05) is 44.2 Å². The lowest BCUT2D eigenvalue weighted by Crippen LogP contribution is -2.66. The Kier molecular flexibility index (Phi) is 4.64. The number of rotatable bonds is 6. The summed E-state index contributed by atoms with van der Waals surface area (Å²) in [6.45, 7) is 4.91. The Morgan fingerprint density at radius 3 is 2.76 bits per heavy atom. The Hall–Kier alpha value is -1.31. The number of benzene rings is 1. The van der Waals surface area contributed by atoms with Crippen LogP contribution in [0.25, 0.3) is 0 Å². The summed E-state index contributed by atoms with van der Waals surface area (Å²) in [5, 5.41) is 0. The van der Waals surface area contributed by atoms with Crippen molar-refractivity contribution in [1.29, 1.82) is 0 Å². The molecule has 3 fully saturated rings. The normalized spacial score (nSPS) is 39.6. The molecule has 3 saturated heterocycles. The Bertz CT molecular complexity index is 620. The minimum atomic E-state index is -0.794. The van der Waals surface area contributed by atoms with Crippen molar-refractivity contribution >= 4 is 5.78 Å². The number of hydrogen-bond acceptors (Lipinski definition) is 6. The summed E-state index contributed by atoms with van der Waals surface area (Å²) in [4.78, 5) is 23.2. The molecule has 25 heavy (non-hydrogen) atoms. The zero-order chi connectivity index (χ0) is 17.4. The van der Waals surface area contributed by atoms with Gasteiger partial charge < -0.3 is 14.2 Å². The van der Waals surface area contributed by atoms with E-state index in [-0.39, 0.29) is 17.6 Å². The minimum absolute atomic E-state index is 0.189. The summed E-state index contributed by atoms with van der Waals surface area (Å²) in [6, 6.07) is 10.0. The van der Waals surface area contributed by atoms with Crippen molar-refractivity contribution in [3.8, 4) is 0 Å². The van der Waals surface area contributed by atoms with Gasteiger partial charge in [0.1, 0.15) is 17.5 Å². The van der Waals surface area contributed by atoms with Crippen molar-refractivity contribution in [2.75, 3.05) is 6.61 Å². The van der Waals surface area contributed by atoms with Gasteiger partial charge in [0.25, 0.3) is 0 Å². The Morgan fingerprint density at radius 1 is 1.16 bits per heavy atom. The Morgan fingerprint density at radius 2 is 1.96 bits per heavy atom. The van der Waals surface area contributed by atoms with Crippen molar-refractivity contribution in [3.63, 3.8) is 0 Å². The first-order chi connectivity index (χ1) is 12.1. The van der Waals surface area contributed by atoms with Crippen LogP contribution in [0, 0.1) is 11.8 Å². The summed E-state index contributed by atoms with van der Waals surface area (Å²) in [6.07, 6.45) is -0.307. The number of carbonyl (C=O) groups is 1. The lowest BCUT2D eigenvalue weighted by molar-refractivity contribution is -0.319. The third-order valence-corrected chi connectivity index (χ3v) is 5.59. The third-order valence-electron chi connectivity index (χ3n) is 5.59. The number of carbonyl (C=O) groups excluding carboxylic acids is 1. The highest BCUT2D eigenvalue weighted by Crippen LogP contribution is 2.49. The highest BCUT2D eigenvalue weighted by atomic mass is 17.3. The van der Waals surface area contributed by atoms with E-state index < -0.39 is 24.3 Å². The van der Waals surface area contributed by atoms with Crippen molar-refractivity contribution in [3.05, 3.63) is 35.9 Å². The molecule has 0 saturated carbocycles. The zero-order valence-corrected chi connectivity index (χ0v) is 14.6. The molecule has 136 valence electrons. The van der Waals surface area contributed by atoms with Crippen molar-refractivity contribution in [1.82, 2.24) is 0 Å². The van der Waals surface area contributed by atoms with Gasteiger partial charge in [-0.15, -0.1) is 0 Å². The van der Waals surface area contributed by atoms with Crippen molar-refractivity contribution in [2.45, 2.75) is 57.6 Å². The van der Waals surface area contributed by atoms with Gasteiger partial charge in [0.05, 0.1) is 6.61 Å². The largest absolute Gasteiger partial charge is 0.377 e. The zero-order valence-electron chi connectivity index (χ0n) is 14.6. The maximum atomic E-state index is 12.7. The highest BCUT2D eigenvalue weighted by molar-refractivity contribution is 5.85. The van der Waals surface area contributed by atoms with Crippen LogP contribution in [0.15, 0.2) is 30.3 Å². The van der Waals surface area contributed by atoms with Crippen LogP contribution in [0.3, 0.4) is 0 Å². The molecule has 0 N–H and O–H groups in total. The van der Waals surface area contributed by atoms with Crippen molar-refractivity contribution < 1.29 is 28.8 Å². The van der Waals surface area contributed by atoms with E-state index in [0.717, 1.165) is 12.0 Å². The number of fused-ring (bicyclic) bond motifs is 6. The molecule has 4 bridgehead atoms. The van der Waals surface area contributed by atoms with E-state index in [0.29, 0.717) is 19.6 Å². The molecule has 1 aromatic rings. The topological polar surface area (TPSA) is 63.2 Å². The van der Waals surface area contributed by atoms with Crippen LogP contribution in [-0.2, 0) is 35.4 Å². The van der Waals surface area contributed by atoms with E-state index in [4.69, 9.17) is 24.0 Å². The molecule has 1 aromatic carbocycles. The molecule has 3 heterocycles. The third kappa shape index (κ3) is 2.92. The summed E-state index contributed by atoms with van der Waals surface area (Å²) in [5.74, 6) is -0.375. The van der Waals surface area contributed by atoms with Crippen LogP contribution in [0.4, 0.5) is 0 Å².